The van der Waals surface area contributed by atoms with Crippen LogP contribution in [0.25, 0.3) is 0 Å². The van der Waals surface area contributed by atoms with Crippen LogP contribution in [0, 0.1) is 0 Å². The monoisotopic (exact) mass is 621 g/mol. The minimum absolute atomic E-state index is 0.121. The molecule has 0 aliphatic rings. The molecule has 0 heterocycles. The summed E-state index contributed by atoms with van der Waals surface area (Å²) in [7, 11) is 0. The number of carboxylic acid groups (broad SMARTS) is 2. The van der Waals surface area contributed by atoms with Gasteiger partial charge in [-0.05, 0) is 6.42 Å². The number of anilines is 2. The molecule has 17 heteroatoms. The molecular formula is C20H25AsClN5O9S. The van der Waals surface area contributed by atoms with Crippen LogP contribution in [-0.2, 0) is 32.5 Å². The van der Waals surface area contributed by atoms with E-state index in [1.165, 1.54) is 18.2 Å². The number of hydrogen-bond acceptors (Lipinski definition) is 9. The van der Waals surface area contributed by atoms with Gasteiger partial charge in [0.15, 0.2) is 0 Å². The Labute approximate surface area is 226 Å². The average molecular weight is 622 g/mol. The van der Waals surface area contributed by atoms with Crippen LogP contribution < -0.4 is 31.4 Å². The first kappa shape index (κ1) is 32.0. The summed E-state index contributed by atoms with van der Waals surface area (Å²) in [6.07, 6.45) is -0.477. The minimum atomic E-state index is -1.37. The maximum absolute atomic E-state index is 12.4. The van der Waals surface area contributed by atoms with Crippen LogP contribution in [0.5, 0.6) is 0 Å². The van der Waals surface area contributed by atoms with Gasteiger partial charge in [-0.3, -0.25) is 14.4 Å². The molecule has 0 fully saturated rings. The third-order valence-electron chi connectivity index (χ3n) is 4.36. The smallest absolute Gasteiger partial charge is 0.480 e. The zero-order valence-corrected chi connectivity index (χ0v) is 22.6. The van der Waals surface area contributed by atoms with Crippen molar-refractivity contribution in [2.45, 2.75) is 24.9 Å². The van der Waals surface area contributed by atoms with Crippen molar-refractivity contribution in [1.29, 1.82) is 0 Å². The van der Waals surface area contributed by atoms with Gasteiger partial charge in [-0.1, -0.05) is 0 Å². The molecule has 4 amide bonds. The van der Waals surface area contributed by atoms with Gasteiger partial charge in [-0.25, -0.2) is 0 Å². The third kappa shape index (κ3) is 12.7. The van der Waals surface area contributed by atoms with Gasteiger partial charge in [0.2, 0.25) is 0 Å². The van der Waals surface area contributed by atoms with Crippen LogP contribution in [0.2, 0.25) is 0 Å². The Bertz CT molecular complexity index is 1050. The van der Waals surface area contributed by atoms with Gasteiger partial charge in [0.25, 0.3) is 0 Å². The van der Waals surface area contributed by atoms with Crippen LogP contribution in [-0.4, -0.2) is 97.5 Å². The van der Waals surface area contributed by atoms with Crippen LogP contribution in [0.15, 0.2) is 18.2 Å². The first-order valence-corrected chi connectivity index (χ1v) is 13.8. The molecule has 8 N–H and O–H groups in total. The van der Waals surface area contributed by atoms with Gasteiger partial charge in [0, 0.05) is 6.42 Å². The Morgan fingerprint density at radius 1 is 1.03 bits per heavy atom. The molecule has 0 aromatic heterocycles. The van der Waals surface area contributed by atoms with E-state index in [0.29, 0.717) is 4.35 Å². The van der Waals surface area contributed by atoms with Crippen LogP contribution in [0.1, 0.15) is 12.8 Å². The number of amides is 4. The molecule has 0 bridgehead atoms. The van der Waals surface area contributed by atoms with Crippen molar-refractivity contribution in [3.05, 3.63) is 18.2 Å². The third-order valence-corrected chi connectivity index (χ3v) is 6.66. The van der Waals surface area contributed by atoms with E-state index in [2.05, 4.69) is 21.3 Å². The van der Waals surface area contributed by atoms with Gasteiger partial charge in [0.05, 0.1) is 0 Å². The molecule has 0 aliphatic carbocycles. The number of benzene rings is 1. The van der Waals surface area contributed by atoms with E-state index < -0.39 is 69.9 Å². The van der Waals surface area contributed by atoms with Crippen LogP contribution in [0.4, 0.5) is 11.4 Å². The van der Waals surface area contributed by atoms with Crippen molar-refractivity contribution >= 4 is 90.3 Å². The summed E-state index contributed by atoms with van der Waals surface area (Å²) in [6.45, 7) is -0.696. The summed E-state index contributed by atoms with van der Waals surface area (Å²) in [4.78, 5) is 70.1. The van der Waals surface area contributed by atoms with Gasteiger partial charge in [-0.15, -0.1) is 0 Å². The number of nitrogens with two attached hydrogens (primary N) is 1. The molecule has 202 valence electrons. The fraction of sp³-hybridized carbons (Fsp3) is 0.400. The molecular weight excluding hydrogens is 597 g/mol. The second kappa shape index (κ2) is 16.7. The van der Waals surface area contributed by atoms with E-state index in [0.717, 1.165) is 11.8 Å². The first-order chi connectivity index (χ1) is 17.5. The molecule has 0 saturated heterocycles. The second-order valence-electron chi connectivity index (χ2n) is 7.28. The quantitative estimate of drug-likeness (QED) is 0.0794. The first-order valence-electron chi connectivity index (χ1n) is 10.4. The molecule has 2 atom stereocenters. The normalized spacial score (nSPS) is 12.2. The van der Waals surface area contributed by atoms with E-state index in [1.807, 2.05) is 0 Å². The van der Waals surface area contributed by atoms with Crippen molar-refractivity contribution in [3.8, 4) is 0 Å². The minimum Gasteiger partial charge on any atom is -0.480 e. The molecule has 0 aliphatic heterocycles. The number of rotatable bonds is 16. The fourth-order valence-electron chi connectivity index (χ4n) is 2.59. The van der Waals surface area contributed by atoms with E-state index in [1.54, 1.807) is 0 Å². The van der Waals surface area contributed by atoms with Crippen molar-refractivity contribution < 1.29 is 42.7 Å². The van der Waals surface area contributed by atoms with E-state index >= 15 is 0 Å². The second-order valence-corrected chi connectivity index (χ2v) is 10.0. The number of carbonyl (C=O) groups excluding carboxylic acids is 4. The summed E-state index contributed by atoms with van der Waals surface area (Å²) >= 11 is 5.07. The Morgan fingerprint density at radius 2 is 1.70 bits per heavy atom. The molecule has 0 saturated carbocycles. The number of hydrogen-bond donors (Lipinski definition) is 7. The maximum atomic E-state index is 12.4. The van der Waals surface area contributed by atoms with Gasteiger partial charge < -0.3 is 15.9 Å². The number of carboxylic acids is 2. The number of alkyl halides is 1. The van der Waals surface area contributed by atoms with Gasteiger partial charge >= 0.3 is 171 Å². The molecule has 0 unspecified atom stereocenters. The predicted molar refractivity (Wildman–Crippen MR) is 135 cm³/mol. The van der Waals surface area contributed by atoms with Gasteiger partial charge in [-0.2, -0.15) is 0 Å². The van der Waals surface area contributed by atoms with Gasteiger partial charge in [0.1, 0.15) is 12.6 Å². The molecule has 0 spiro atoms. The topological polar surface area (TPSA) is 234 Å². The summed E-state index contributed by atoms with van der Waals surface area (Å²) in [5, 5.41) is 27.1. The number of carbonyl (C=O) groups is 6. The predicted octanol–water partition coefficient (Wildman–Crippen LogP) is -1.91. The Balaban J connectivity index is 2.78. The standard InChI is InChI=1S/C20H25AsClN5O9S/c22-6-16(29)26-13-5-10(21-36)1-3-12(13)25-17(30)9-37-8-14(19(33)24-7-18(31)32)27-15(28)4-2-11(23)20(34)35/h1,3,5,11,14H,2,4,6-9,23H2,(H,24,33)(H,25,30)(H,26,29)(H,27,28)(H,31,32)(H,34,35)/t11-,14-/m0/s1. The average Bonchev–Trinajstić information content (AvgIpc) is 2.85. The zero-order chi connectivity index (χ0) is 28.0. The molecule has 14 nitrogen and oxygen atoms in total. The molecule has 1 rings (SSSR count). The van der Waals surface area contributed by atoms with E-state index in [-0.39, 0.29) is 41.6 Å². The summed E-state index contributed by atoms with van der Waals surface area (Å²) in [5.41, 5.74) is 5.78. The fourth-order valence-corrected chi connectivity index (χ4v) is 4.16. The SMILES string of the molecule is N[C@@H](CCC(=O)N[C@@H](CSCC(=O)Nc1ccc([As]=O)cc1NC(=O)CCl)C(=O)NCC(=O)O)C(=O)O. The number of aliphatic carboxylic acids is 2. The molecule has 0 radical (unpaired) electrons. The van der Waals surface area contributed by atoms with Crippen molar-refractivity contribution in [2.24, 2.45) is 5.73 Å². The van der Waals surface area contributed by atoms with Crippen LogP contribution in [0.3, 0.4) is 0 Å². The van der Waals surface area contributed by atoms with Crippen molar-refractivity contribution in [3.63, 3.8) is 0 Å². The van der Waals surface area contributed by atoms with Crippen molar-refractivity contribution in [1.82, 2.24) is 10.6 Å². The molecule has 1 aromatic carbocycles. The Hall–Kier alpha value is -3.00. The summed E-state index contributed by atoms with van der Waals surface area (Å²) < 4.78 is 11.7. The van der Waals surface area contributed by atoms with E-state index in [9.17, 15) is 32.5 Å². The zero-order valence-electron chi connectivity index (χ0n) is 19.2. The number of nitrogens with one attached hydrogen (secondary N) is 4. The number of halogens is 1. The molecule has 37 heavy (non-hydrogen) atoms. The Kier molecular flexibility index (Phi) is 14.4. The summed E-state index contributed by atoms with van der Waals surface area (Å²) in [5.74, 6) is -5.81. The van der Waals surface area contributed by atoms with Crippen LogP contribution >= 0.6 is 23.4 Å². The summed E-state index contributed by atoms with van der Waals surface area (Å²) in [6, 6.07) is 1.92. The molecule has 1 aromatic rings. The number of thioether (sulfide) groups is 1. The van der Waals surface area contributed by atoms with Crippen molar-refractivity contribution in [2.75, 3.05) is 34.6 Å². The Morgan fingerprint density at radius 3 is 2.30 bits per heavy atom. The van der Waals surface area contributed by atoms with E-state index in [4.69, 9.17) is 27.5 Å².